The van der Waals surface area contributed by atoms with Gasteiger partial charge in [0.05, 0.1) is 0 Å². The molecule has 1 aromatic carbocycles. The predicted molar refractivity (Wildman–Crippen MR) is 108 cm³/mol. The molecule has 0 unspecified atom stereocenters. The zero-order valence-electron chi connectivity index (χ0n) is 16.2. The number of nitrogens with zero attached hydrogens (tertiary/aromatic N) is 2. The molecule has 9 nitrogen and oxygen atoms in total. The number of aryl methyl sites for hydroxylation is 4. The Morgan fingerprint density at radius 1 is 1.18 bits per heavy atom. The molecule has 1 heterocycles. The van der Waals surface area contributed by atoms with Gasteiger partial charge in [-0.3, -0.25) is 25.4 Å². The van der Waals surface area contributed by atoms with Crippen LogP contribution in [-0.2, 0) is 24.2 Å². The first-order valence-electron chi connectivity index (χ1n) is 9.07. The number of hydrazine groups is 1. The van der Waals surface area contributed by atoms with Crippen molar-refractivity contribution in [2.24, 2.45) is 5.73 Å². The van der Waals surface area contributed by atoms with Gasteiger partial charge < -0.3 is 15.6 Å². The van der Waals surface area contributed by atoms with Gasteiger partial charge in [-0.2, -0.15) is 0 Å². The summed E-state index contributed by atoms with van der Waals surface area (Å²) in [6.07, 6.45) is 2.86. The van der Waals surface area contributed by atoms with Crippen molar-refractivity contribution in [3.05, 3.63) is 63.3 Å². The first-order valence-corrected chi connectivity index (χ1v) is 9.07. The summed E-state index contributed by atoms with van der Waals surface area (Å²) in [5.41, 5.74) is 13.4. The van der Waals surface area contributed by atoms with Crippen LogP contribution in [0.4, 0.5) is 0 Å². The molecule has 28 heavy (non-hydrogen) atoms. The van der Waals surface area contributed by atoms with Crippen molar-refractivity contribution in [1.82, 2.24) is 25.7 Å². The molecule has 9 heteroatoms. The summed E-state index contributed by atoms with van der Waals surface area (Å²) in [4.78, 5) is 29.1. The van der Waals surface area contributed by atoms with E-state index in [9.17, 15) is 9.59 Å². The van der Waals surface area contributed by atoms with Crippen LogP contribution in [0.2, 0.25) is 0 Å². The minimum absolute atomic E-state index is 0.0646. The minimum Gasteiger partial charge on any atom is -0.369 e. The van der Waals surface area contributed by atoms with Crippen molar-refractivity contribution in [1.29, 1.82) is 5.41 Å². The van der Waals surface area contributed by atoms with Crippen molar-refractivity contribution in [2.45, 2.75) is 33.2 Å². The van der Waals surface area contributed by atoms with Gasteiger partial charge in [-0.15, -0.1) is 0 Å². The maximum Gasteiger partial charge on any atom is 0.272 e. The third-order valence-corrected chi connectivity index (χ3v) is 4.19. The lowest BCUT2D eigenvalue weighted by Gasteiger charge is -2.12. The summed E-state index contributed by atoms with van der Waals surface area (Å²) in [7, 11) is 0. The molecule has 2 aromatic rings. The molecule has 0 fully saturated rings. The van der Waals surface area contributed by atoms with Crippen molar-refractivity contribution in [3.63, 3.8) is 0 Å². The lowest BCUT2D eigenvalue weighted by atomic mass is 10.1. The van der Waals surface area contributed by atoms with E-state index < -0.39 is 0 Å². The summed E-state index contributed by atoms with van der Waals surface area (Å²) in [6, 6.07) is 8.18. The Morgan fingerprint density at radius 2 is 1.89 bits per heavy atom. The molecule has 0 aliphatic carbocycles. The standard InChI is InChI=1S/C19H27N7O2/c1-13-3-5-15(6-4-13)7-8-16-18(28)26(14(2)11-23-16)12-17(27)22-9-10-24-25-19(20)21/h3-6,11,24H,7-10,12H2,1-2H3,(H,22,27)(H4,20,21,25). The van der Waals surface area contributed by atoms with E-state index in [0.717, 1.165) is 5.56 Å². The summed E-state index contributed by atoms with van der Waals surface area (Å²) in [5.74, 6) is -0.478. The van der Waals surface area contributed by atoms with E-state index in [2.05, 4.69) is 21.2 Å². The smallest absolute Gasteiger partial charge is 0.272 e. The summed E-state index contributed by atoms with van der Waals surface area (Å²) in [6.45, 7) is 4.44. The van der Waals surface area contributed by atoms with Crippen molar-refractivity contribution in [3.8, 4) is 0 Å². The third kappa shape index (κ3) is 6.51. The first-order chi connectivity index (χ1) is 13.4. The van der Waals surface area contributed by atoms with Crippen molar-refractivity contribution < 1.29 is 4.79 Å². The molecule has 6 N–H and O–H groups in total. The van der Waals surface area contributed by atoms with Crippen molar-refractivity contribution in [2.75, 3.05) is 13.1 Å². The van der Waals surface area contributed by atoms with E-state index in [1.54, 1.807) is 13.1 Å². The highest BCUT2D eigenvalue weighted by molar-refractivity contribution is 5.75. The van der Waals surface area contributed by atoms with Gasteiger partial charge in [0.15, 0.2) is 5.96 Å². The van der Waals surface area contributed by atoms with Gasteiger partial charge in [0.2, 0.25) is 5.91 Å². The zero-order valence-corrected chi connectivity index (χ0v) is 16.2. The van der Waals surface area contributed by atoms with Crippen LogP contribution in [0.5, 0.6) is 0 Å². The number of carbonyl (C=O) groups is 1. The fourth-order valence-corrected chi connectivity index (χ4v) is 2.62. The molecule has 150 valence electrons. The number of carbonyl (C=O) groups excluding carboxylic acids is 1. The van der Waals surface area contributed by atoms with Crippen LogP contribution in [0.25, 0.3) is 0 Å². The van der Waals surface area contributed by atoms with Gasteiger partial charge in [0.1, 0.15) is 12.2 Å². The second-order valence-electron chi connectivity index (χ2n) is 6.54. The van der Waals surface area contributed by atoms with E-state index in [1.165, 1.54) is 10.1 Å². The Labute approximate surface area is 163 Å². The quantitative estimate of drug-likeness (QED) is 0.175. The van der Waals surface area contributed by atoms with Gasteiger partial charge in [0, 0.05) is 25.0 Å². The molecule has 0 aliphatic heterocycles. The molecular weight excluding hydrogens is 358 g/mol. The lowest BCUT2D eigenvalue weighted by molar-refractivity contribution is -0.121. The van der Waals surface area contributed by atoms with Crippen LogP contribution in [0.15, 0.2) is 35.3 Å². The number of rotatable bonds is 9. The van der Waals surface area contributed by atoms with Crippen LogP contribution < -0.4 is 27.5 Å². The fraction of sp³-hybridized carbons (Fsp3) is 0.368. The molecule has 0 spiro atoms. The molecule has 1 amide bonds. The average Bonchev–Trinajstić information content (AvgIpc) is 2.65. The Kier molecular flexibility index (Phi) is 7.70. The second-order valence-corrected chi connectivity index (χ2v) is 6.54. The Balaban J connectivity index is 1.94. The van der Waals surface area contributed by atoms with Gasteiger partial charge in [-0.1, -0.05) is 29.8 Å². The summed E-state index contributed by atoms with van der Waals surface area (Å²) >= 11 is 0. The van der Waals surface area contributed by atoms with E-state index in [0.29, 0.717) is 37.3 Å². The van der Waals surface area contributed by atoms with Crippen LogP contribution >= 0.6 is 0 Å². The highest BCUT2D eigenvalue weighted by Crippen LogP contribution is 2.06. The number of nitrogens with two attached hydrogens (primary N) is 1. The molecule has 0 bridgehead atoms. The molecule has 2 rings (SSSR count). The lowest BCUT2D eigenvalue weighted by Crippen LogP contribution is -2.45. The summed E-state index contributed by atoms with van der Waals surface area (Å²) < 4.78 is 1.44. The number of hydrogen-bond acceptors (Lipinski definition) is 5. The van der Waals surface area contributed by atoms with Crippen molar-refractivity contribution >= 4 is 11.9 Å². The largest absolute Gasteiger partial charge is 0.369 e. The third-order valence-electron chi connectivity index (χ3n) is 4.19. The predicted octanol–water partition coefficient (Wildman–Crippen LogP) is -0.251. The zero-order chi connectivity index (χ0) is 20.5. The fourth-order valence-electron chi connectivity index (χ4n) is 2.62. The van der Waals surface area contributed by atoms with Crippen LogP contribution in [0.3, 0.4) is 0 Å². The highest BCUT2D eigenvalue weighted by atomic mass is 16.2. The number of hydrogen-bond donors (Lipinski definition) is 5. The second kappa shape index (κ2) is 10.2. The minimum atomic E-state index is -0.273. The molecule has 0 atom stereocenters. The molecule has 1 aromatic heterocycles. The van der Waals surface area contributed by atoms with Gasteiger partial charge in [0.25, 0.3) is 5.56 Å². The van der Waals surface area contributed by atoms with E-state index in [1.807, 2.05) is 31.2 Å². The Hall–Kier alpha value is -3.20. The number of guanidine groups is 1. The van der Waals surface area contributed by atoms with E-state index in [4.69, 9.17) is 11.1 Å². The molecule has 0 radical (unpaired) electrons. The van der Waals surface area contributed by atoms with E-state index in [-0.39, 0.29) is 24.0 Å². The van der Waals surface area contributed by atoms with Gasteiger partial charge in [-0.25, -0.2) is 5.43 Å². The van der Waals surface area contributed by atoms with Crippen LogP contribution in [0.1, 0.15) is 22.5 Å². The first kappa shape index (κ1) is 21.1. The van der Waals surface area contributed by atoms with Gasteiger partial charge >= 0.3 is 0 Å². The molecular formula is C19H27N7O2. The maximum atomic E-state index is 12.7. The molecule has 0 saturated heterocycles. The Bertz CT molecular complexity index is 875. The normalized spacial score (nSPS) is 10.5. The summed E-state index contributed by atoms with van der Waals surface area (Å²) in [5, 5.41) is 9.71. The molecule has 0 aliphatic rings. The van der Waals surface area contributed by atoms with Gasteiger partial charge in [-0.05, 0) is 32.3 Å². The number of nitrogens with one attached hydrogen (secondary N) is 4. The van der Waals surface area contributed by atoms with E-state index >= 15 is 0 Å². The number of aromatic nitrogens is 2. The SMILES string of the molecule is Cc1ccc(CCc2ncc(C)n(CC(=O)NCCNNC(=N)N)c2=O)cc1. The average molecular weight is 385 g/mol. The van der Waals surface area contributed by atoms with Crippen LogP contribution in [-0.4, -0.2) is 34.5 Å². The Morgan fingerprint density at radius 3 is 2.57 bits per heavy atom. The topological polar surface area (TPSA) is 138 Å². The number of benzene rings is 1. The highest BCUT2D eigenvalue weighted by Gasteiger charge is 2.11. The van der Waals surface area contributed by atoms with Crippen LogP contribution in [0, 0.1) is 19.3 Å². The number of amides is 1. The monoisotopic (exact) mass is 385 g/mol. The maximum absolute atomic E-state index is 12.7. The molecule has 0 saturated carbocycles.